The predicted molar refractivity (Wildman–Crippen MR) is 135 cm³/mol. The highest BCUT2D eigenvalue weighted by molar-refractivity contribution is 7.99. The van der Waals surface area contributed by atoms with E-state index in [4.69, 9.17) is 26.4 Å². The molecule has 2 aliphatic carbocycles. The Morgan fingerprint density at radius 2 is 1.88 bits per heavy atom. The van der Waals surface area contributed by atoms with Gasteiger partial charge in [-0.2, -0.15) is 0 Å². The van der Waals surface area contributed by atoms with Crippen LogP contribution in [0.1, 0.15) is 54.4 Å². The third kappa shape index (κ3) is 4.03. The van der Waals surface area contributed by atoms with Crippen LogP contribution in [-0.2, 0) is 12.8 Å². The minimum absolute atomic E-state index is 0.111. The van der Waals surface area contributed by atoms with Gasteiger partial charge >= 0.3 is 0 Å². The molecule has 1 aromatic carbocycles. The Hall–Kier alpha value is -2.71. The van der Waals surface area contributed by atoms with Crippen LogP contribution in [0.4, 0.5) is 11.6 Å². The minimum Gasteiger partial charge on any atom is -0.381 e. The fourth-order valence-electron chi connectivity index (χ4n) is 5.56. The fourth-order valence-corrected chi connectivity index (χ4v) is 6.37. The lowest BCUT2D eigenvalue weighted by atomic mass is 9.73. The van der Waals surface area contributed by atoms with E-state index in [9.17, 15) is 0 Å². The van der Waals surface area contributed by atoms with Crippen molar-refractivity contribution in [2.75, 3.05) is 23.7 Å². The maximum Gasteiger partial charge on any atom is 0.158 e. The molecule has 0 radical (unpaired) electrons. The molecule has 8 heteroatoms. The van der Waals surface area contributed by atoms with Crippen molar-refractivity contribution in [3.63, 3.8) is 0 Å². The van der Waals surface area contributed by atoms with Gasteiger partial charge in [-0.25, -0.2) is 19.9 Å². The highest BCUT2D eigenvalue weighted by Gasteiger charge is 2.46. The first-order valence-electron chi connectivity index (χ1n) is 12.2. The lowest BCUT2D eigenvalue weighted by Gasteiger charge is -2.42. The summed E-state index contributed by atoms with van der Waals surface area (Å²) in [4.78, 5) is 21.1. The lowest BCUT2D eigenvalue weighted by Crippen LogP contribution is -2.45. The van der Waals surface area contributed by atoms with Crippen molar-refractivity contribution < 1.29 is 0 Å². The zero-order chi connectivity index (χ0) is 23.3. The van der Waals surface area contributed by atoms with Crippen molar-refractivity contribution in [2.24, 2.45) is 17.1 Å². The number of hydrogen-bond acceptors (Lipinski definition) is 8. The highest BCUT2D eigenvalue weighted by Crippen LogP contribution is 2.51. The first-order chi connectivity index (χ1) is 16.5. The third-order valence-corrected chi connectivity index (χ3v) is 8.67. The molecule has 3 aliphatic rings. The molecule has 1 saturated carbocycles. The van der Waals surface area contributed by atoms with E-state index < -0.39 is 0 Å². The number of piperidine rings is 1. The Morgan fingerprint density at radius 1 is 1.09 bits per heavy atom. The van der Waals surface area contributed by atoms with Gasteiger partial charge in [0.25, 0.3) is 0 Å². The number of anilines is 2. The summed E-state index contributed by atoms with van der Waals surface area (Å²) in [5, 5.41) is 1.58. The van der Waals surface area contributed by atoms with Gasteiger partial charge in [-0.3, -0.25) is 0 Å². The first kappa shape index (κ1) is 21.8. The van der Waals surface area contributed by atoms with Crippen LogP contribution in [0.5, 0.6) is 0 Å². The fraction of sp³-hybridized carbons (Fsp3) is 0.462. The molecule has 2 aromatic heterocycles. The topological polar surface area (TPSA) is 107 Å². The monoisotopic (exact) mass is 473 g/mol. The van der Waals surface area contributed by atoms with Crippen molar-refractivity contribution in [3.05, 3.63) is 59.2 Å². The molecule has 1 atom stereocenters. The van der Waals surface area contributed by atoms with Gasteiger partial charge in [0.05, 0.1) is 5.69 Å². The number of nitrogens with two attached hydrogens (primary N) is 2. The summed E-state index contributed by atoms with van der Waals surface area (Å²) in [5.74, 6) is 3.00. The van der Waals surface area contributed by atoms with Gasteiger partial charge in [0, 0.05) is 31.7 Å². The molecule has 4 N–H and O–H groups in total. The van der Waals surface area contributed by atoms with Crippen molar-refractivity contribution in [1.29, 1.82) is 0 Å². The van der Waals surface area contributed by atoms with Gasteiger partial charge in [-0.15, -0.1) is 0 Å². The molecule has 2 fully saturated rings. The molecular formula is C26H31N7S. The molecule has 34 heavy (non-hydrogen) atoms. The molecule has 0 unspecified atom stereocenters. The van der Waals surface area contributed by atoms with E-state index in [2.05, 4.69) is 34.1 Å². The van der Waals surface area contributed by atoms with Gasteiger partial charge < -0.3 is 16.4 Å². The van der Waals surface area contributed by atoms with Crippen LogP contribution in [0.2, 0.25) is 0 Å². The Labute approximate surface area is 204 Å². The van der Waals surface area contributed by atoms with E-state index in [1.54, 1.807) is 0 Å². The van der Waals surface area contributed by atoms with Crippen molar-refractivity contribution in [3.8, 4) is 0 Å². The number of fused-ring (bicyclic) bond motifs is 1. The standard InChI is InChI=1S/C26H31N7S/c1-16-24(33-12-9-26(10-13-33)15-18-4-2-3-5-19(18)22(26)27)32-23(28)25(30-16)34-21-8-11-29-20(31-21)14-17-6-7-17/h2-5,8,11,17,22H,6-7,9-10,12-15,27H2,1H3,(H2,28,32)/t22-/m1/s1. The zero-order valence-corrected chi connectivity index (χ0v) is 20.4. The number of aryl methyl sites for hydroxylation is 1. The summed E-state index contributed by atoms with van der Waals surface area (Å²) >= 11 is 1.47. The SMILES string of the molecule is Cc1nc(Sc2ccnc(CC3CC3)n2)c(N)nc1N1CCC2(CC1)Cc1ccccc1[C@H]2N. The zero-order valence-electron chi connectivity index (χ0n) is 19.6. The number of hydrogen-bond donors (Lipinski definition) is 2. The van der Waals surface area contributed by atoms with Crippen molar-refractivity contribution in [2.45, 2.75) is 61.5 Å². The Bertz CT molecular complexity index is 1220. The van der Waals surface area contributed by atoms with E-state index in [-0.39, 0.29) is 11.5 Å². The van der Waals surface area contributed by atoms with E-state index in [0.717, 1.165) is 67.1 Å². The molecule has 7 nitrogen and oxygen atoms in total. The average molecular weight is 474 g/mol. The first-order valence-corrected chi connectivity index (χ1v) is 13.0. The normalized spacial score (nSPS) is 21.1. The molecule has 6 rings (SSSR count). The van der Waals surface area contributed by atoms with Crippen LogP contribution in [0.3, 0.4) is 0 Å². The summed E-state index contributed by atoms with van der Waals surface area (Å²) in [6, 6.07) is 10.7. The molecule has 1 spiro atoms. The second-order valence-corrected chi connectivity index (χ2v) is 11.1. The third-order valence-electron chi connectivity index (χ3n) is 7.74. The average Bonchev–Trinajstić information content (AvgIpc) is 3.61. The van der Waals surface area contributed by atoms with Gasteiger partial charge in [-0.05, 0) is 79.3 Å². The van der Waals surface area contributed by atoms with Crippen molar-refractivity contribution >= 4 is 23.4 Å². The maximum atomic E-state index is 6.75. The van der Waals surface area contributed by atoms with E-state index in [0.29, 0.717) is 10.8 Å². The second-order valence-electron chi connectivity index (χ2n) is 10.1. The number of rotatable bonds is 5. The summed E-state index contributed by atoms with van der Waals surface area (Å²) in [5.41, 5.74) is 16.9. The molecule has 176 valence electrons. The predicted octanol–water partition coefficient (Wildman–Crippen LogP) is 4.10. The van der Waals surface area contributed by atoms with Crippen LogP contribution in [0, 0.1) is 18.3 Å². The van der Waals surface area contributed by atoms with Crippen LogP contribution in [0.25, 0.3) is 0 Å². The van der Waals surface area contributed by atoms with Crippen LogP contribution < -0.4 is 16.4 Å². The molecule has 0 amide bonds. The molecule has 1 aliphatic heterocycles. The van der Waals surface area contributed by atoms with Crippen LogP contribution in [0.15, 0.2) is 46.6 Å². The Balaban J connectivity index is 1.16. The number of benzene rings is 1. The summed E-state index contributed by atoms with van der Waals surface area (Å²) in [7, 11) is 0. The molecule has 0 bridgehead atoms. The maximum absolute atomic E-state index is 6.75. The number of nitrogen functional groups attached to an aromatic ring is 1. The molecule has 1 saturated heterocycles. The summed E-state index contributed by atoms with van der Waals surface area (Å²) in [6.45, 7) is 3.85. The Morgan fingerprint density at radius 3 is 2.65 bits per heavy atom. The largest absolute Gasteiger partial charge is 0.381 e. The van der Waals surface area contributed by atoms with Gasteiger partial charge in [0.2, 0.25) is 0 Å². The van der Waals surface area contributed by atoms with E-state index >= 15 is 0 Å². The van der Waals surface area contributed by atoms with E-state index in [1.165, 1.54) is 35.7 Å². The van der Waals surface area contributed by atoms with Crippen LogP contribution in [-0.4, -0.2) is 33.0 Å². The molecule has 3 aromatic rings. The smallest absolute Gasteiger partial charge is 0.158 e. The van der Waals surface area contributed by atoms with Crippen molar-refractivity contribution in [1.82, 2.24) is 19.9 Å². The summed E-state index contributed by atoms with van der Waals surface area (Å²) in [6.07, 6.45) is 8.52. The Kier molecular flexibility index (Phi) is 5.45. The van der Waals surface area contributed by atoms with Gasteiger partial charge in [0.15, 0.2) is 11.6 Å². The van der Waals surface area contributed by atoms with Crippen LogP contribution >= 0.6 is 11.8 Å². The highest BCUT2D eigenvalue weighted by atomic mass is 32.2. The molecule has 3 heterocycles. The number of nitrogens with zero attached hydrogens (tertiary/aromatic N) is 5. The minimum atomic E-state index is 0.111. The van der Waals surface area contributed by atoms with E-state index in [1.807, 2.05) is 19.2 Å². The van der Waals surface area contributed by atoms with Gasteiger partial charge in [-0.1, -0.05) is 24.3 Å². The van der Waals surface area contributed by atoms with Gasteiger partial charge in [0.1, 0.15) is 15.9 Å². The quantitative estimate of drug-likeness (QED) is 0.533. The summed E-state index contributed by atoms with van der Waals surface area (Å²) < 4.78 is 0. The number of aromatic nitrogens is 4. The second kappa shape index (κ2) is 8.50. The molecular weight excluding hydrogens is 442 g/mol. The lowest BCUT2D eigenvalue weighted by molar-refractivity contribution is 0.187.